The molecule has 6 nitrogen and oxygen atoms in total. The summed E-state index contributed by atoms with van der Waals surface area (Å²) in [6.07, 6.45) is 3.00. The highest BCUT2D eigenvalue weighted by Gasteiger charge is 2.28. The van der Waals surface area contributed by atoms with Crippen LogP contribution in [0.15, 0.2) is 24.3 Å². The average molecular weight is 386 g/mol. The van der Waals surface area contributed by atoms with E-state index in [0.29, 0.717) is 0 Å². The van der Waals surface area contributed by atoms with Crippen LogP contribution in [0.2, 0.25) is 0 Å². The third kappa shape index (κ3) is 4.66. The second-order valence-corrected chi connectivity index (χ2v) is 7.60. The molecule has 1 aromatic heterocycles. The molecule has 2 aromatic rings. The third-order valence-electron chi connectivity index (χ3n) is 5.87. The van der Waals surface area contributed by atoms with Gasteiger partial charge in [0.15, 0.2) is 0 Å². The molecule has 2 heterocycles. The lowest BCUT2D eigenvalue weighted by molar-refractivity contribution is -0.125. The Bertz CT molecular complexity index is 767. The van der Waals surface area contributed by atoms with Crippen molar-refractivity contribution in [1.82, 2.24) is 19.8 Å². The van der Waals surface area contributed by atoms with E-state index in [-0.39, 0.29) is 11.8 Å². The predicted octanol–water partition coefficient (Wildman–Crippen LogP) is 3.12. The number of hydrogen-bond acceptors (Lipinski definition) is 4. The van der Waals surface area contributed by atoms with E-state index in [1.54, 1.807) is 0 Å². The molecular weight excluding hydrogens is 350 g/mol. The Labute approximate surface area is 168 Å². The molecule has 28 heavy (non-hydrogen) atoms. The normalized spacial score (nSPS) is 17.4. The molecule has 1 aliphatic rings. The second-order valence-electron chi connectivity index (χ2n) is 7.60. The van der Waals surface area contributed by atoms with Gasteiger partial charge in [-0.1, -0.05) is 26.0 Å². The first-order valence-corrected chi connectivity index (χ1v) is 10.9. The molecule has 0 unspecified atom stereocenters. The van der Waals surface area contributed by atoms with Gasteiger partial charge in [0.1, 0.15) is 0 Å². The first kappa shape index (κ1) is 20.6. The summed E-state index contributed by atoms with van der Waals surface area (Å²) in [6, 6.07) is 8.28. The van der Waals surface area contributed by atoms with Crippen molar-refractivity contribution in [2.24, 2.45) is 5.92 Å². The second kappa shape index (κ2) is 9.92. The van der Waals surface area contributed by atoms with Crippen LogP contribution in [0.5, 0.6) is 0 Å². The first-order chi connectivity index (χ1) is 13.7. The van der Waals surface area contributed by atoms with Gasteiger partial charge in [-0.25, -0.2) is 4.98 Å². The molecule has 1 fully saturated rings. The lowest BCUT2D eigenvalue weighted by atomic mass is 9.97. The first-order valence-electron chi connectivity index (χ1n) is 10.9. The number of amides is 1. The molecule has 1 amide bonds. The molecule has 0 bridgehead atoms. The number of anilines is 1. The Kier molecular flexibility index (Phi) is 7.31. The van der Waals surface area contributed by atoms with Gasteiger partial charge < -0.3 is 19.7 Å². The summed E-state index contributed by atoms with van der Waals surface area (Å²) in [5.41, 5.74) is 2.20. The highest BCUT2D eigenvalue weighted by molar-refractivity contribution is 5.81. The number of imidazole rings is 1. The molecule has 1 saturated heterocycles. The van der Waals surface area contributed by atoms with Gasteiger partial charge in [-0.2, -0.15) is 0 Å². The van der Waals surface area contributed by atoms with Crippen molar-refractivity contribution in [3.63, 3.8) is 0 Å². The minimum atomic E-state index is 0.0484. The number of benzene rings is 1. The molecule has 0 saturated carbocycles. The highest BCUT2D eigenvalue weighted by atomic mass is 16.1. The quantitative estimate of drug-likeness (QED) is 0.674. The van der Waals surface area contributed by atoms with Gasteiger partial charge in [-0.3, -0.25) is 4.79 Å². The molecule has 1 N–H and O–H groups in total. The largest absolute Gasteiger partial charge is 0.356 e. The van der Waals surface area contributed by atoms with Gasteiger partial charge in [-0.05, 0) is 58.0 Å². The molecule has 1 aromatic carbocycles. The zero-order valence-electron chi connectivity index (χ0n) is 17.7. The van der Waals surface area contributed by atoms with Crippen molar-refractivity contribution >= 4 is 22.9 Å². The van der Waals surface area contributed by atoms with Crippen LogP contribution in [0.4, 0.5) is 5.95 Å². The number of aromatic nitrogens is 2. The number of carbonyl (C=O) groups excluding carboxylic acids is 1. The van der Waals surface area contributed by atoms with Crippen molar-refractivity contribution in [2.75, 3.05) is 44.2 Å². The maximum atomic E-state index is 12.7. The third-order valence-corrected chi connectivity index (χ3v) is 5.87. The van der Waals surface area contributed by atoms with E-state index < -0.39 is 0 Å². The molecule has 0 radical (unpaired) electrons. The van der Waals surface area contributed by atoms with Crippen molar-refractivity contribution in [2.45, 2.75) is 46.6 Å². The maximum Gasteiger partial charge on any atom is 0.224 e. The molecule has 154 valence electrons. The topological polar surface area (TPSA) is 53.4 Å². The van der Waals surface area contributed by atoms with Gasteiger partial charge in [-0.15, -0.1) is 0 Å². The number of carbonyl (C=O) groups is 1. The number of para-hydroxylation sites is 2. The fourth-order valence-corrected chi connectivity index (χ4v) is 4.19. The minimum absolute atomic E-state index is 0.0484. The van der Waals surface area contributed by atoms with Crippen molar-refractivity contribution in [3.05, 3.63) is 24.3 Å². The number of hydrogen-bond donors (Lipinski definition) is 1. The molecule has 6 heteroatoms. The van der Waals surface area contributed by atoms with Crippen LogP contribution >= 0.6 is 0 Å². The van der Waals surface area contributed by atoms with Crippen LogP contribution in [0, 0.1) is 5.92 Å². The summed E-state index contributed by atoms with van der Waals surface area (Å²) in [6.45, 7) is 13.1. The van der Waals surface area contributed by atoms with Gasteiger partial charge in [0.25, 0.3) is 0 Å². The smallest absolute Gasteiger partial charge is 0.224 e. The summed E-state index contributed by atoms with van der Waals surface area (Å²) >= 11 is 0. The van der Waals surface area contributed by atoms with E-state index in [4.69, 9.17) is 4.98 Å². The highest BCUT2D eigenvalue weighted by Crippen LogP contribution is 2.27. The minimum Gasteiger partial charge on any atom is -0.356 e. The number of nitrogens with one attached hydrogen (secondary N) is 1. The van der Waals surface area contributed by atoms with Crippen LogP contribution in [0.3, 0.4) is 0 Å². The van der Waals surface area contributed by atoms with Crippen LogP contribution in [-0.2, 0) is 11.3 Å². The lowest BCUT2D eigenvalue weighted by Crippen LogP contribution is -2.44. The van der Waals surface area contributed by atoms with Crippen LogP contribution in [0.25, 0.3) is 11.0 Å². The Morgan fingerprint density at radius 1 is 1.25 bits per heavy atom. The van der Waals surface area contributed by atoms with E-state index in [2.05, 4.69) is 58.7 Å². The van der Waals surface area contributed by atoms with E-state index in [0.717, 1.165) is 76.5 Å². The fraction of sp³-hybridized carbons (Fsp3) is 0.636. The SMILES string of the molecule is CCN(CC)CCCNC(=O)[C@H]1CCCN(c2nc3ccccc3n2CC)C1. The van der Waals surface area contributed by atoms with Crippen molar-refractivity contribution < 1.29 is 4.79 Å². The van der Waals surface area contributed by atoms with Crippen LogP contribution < -0.4 is 10.2 Å². The summed E-state index contributed by atoms with van der Waals surface area (Å²) < 4.78 is 2.26. The monoisotopic (exact) mass is 385 g/mol. The number of nitrogens with zero attached hydrogens (tertiary/aromatic N) is 4. The Hall–Kier alpha value is -2.08. The zero-order valence-corrected chi connectivity index (χ0v) is 17.7. The molecule has 1 aliphatic heterocycles. The van der Waals surface area contributed by atoms with E-state index in [1.807, 2.05) is 6.07 Å². The number of piperidine rings is 1. The van der Waals surface area contributed by atoms with E-state index in [1.165, 1.54) is 5.52 Å². The Morgan fingerprint density at radius 3 is 2.79 bits per heavy atom. The number of fused-ring (bicyclic) bond motifs is 1. The van der Waals surface area contributed by atoms with Crippen molar-refractivity contribution in [3.8, 4) is 0 Å². The molecular formula is C22H35N5O. The van der Waals surface area contributed by atoms with Gasteiger partial charge in [0.2, 0.25) is 11.9 Å². The average Bonchev–Trinajstić information content (AvgIpc) is 3.12. The summed E-state index contributed by atoms with van der Waals surface area (Å²) in [7, 11) is 0. The maximum absolute atomic E-state index is 12.7. The van der Waals surface area contributed by atoms with E-state index in [9.17, 15) is 4.79 Å². The van der Waals surface area contributed by atoms with E-state index >= 15 is 0 Å². The molecule has 3 rings (SSSR count). The Morgan fingerprint density at radius 2 is 2.04 bits per heavy atom. The summed E-state index contributed by atoms with van der Waals surface area (Å²) in [5, 5.41) is 3.16. The van der Waals surface area contributed by atoms with Crippen molar-refractivity contribution in [1.29, 1.82) is 0 Å². The zero-order chi connectivity index (χ0) is 19.9. The molecule has 0 spiro atoms. The van der Waals surface area contributed by atoms with Gasteiger partial charge >= 0.3 is 0 Å². The molecule has 0 aliphatic carbocycles. The van der Waals surface area contributed by atoms with Gasteiger partial charge in [0.05, 0.1) is 17.0 Å². The fourth-order valence-electron chi connectivity index (χ4n) is 4.19. The number of rotatable bonds is 9. The number of aryl methyl sites for hydroxylation is 1. The van der Waals surface area contributed by atoms with Crippen LogP contribution in [-0.4, -0.2) is 59.6 Å². The summed E-state index contributed by atoms with van der Waals surface area (Å²) in [5.74, 6) is 1.25. The summed E-state index contributed by atoms with van der Waals surface area (Å²) in [4.78, 5) is 22.3. The van der Waals surface area contributed by atoms with Gasteiger partial charge in [0, 0.05) is 26.2 Å². The standard InChI is InChI=1S/C22H35N5O/c1-4-25(5-2)15-10-14-23-21(28)18-11-9-16-26(17-18)22-24-19-12-7-8-13-20(19)27(22)6-3/h7-8,12-13,18H,4-6,9-11,14-17H2,1-3H3,(H,23,28)/t18-/m0/s1. The Balaban J connectivity index is 1.59. The molecule has 1 atom stereocenters. The van der Waals surface area contributed by atoms with Crippen LogP contribution in [0.1, 0.15) is 40.0 Å². The lowest BCUT2D eigenvalue weighted by Gasteiger charge is -2.33. The predicted molar refractivity (Wildman–Crippen MR) is 116 cm³/mol.